The molecule has 6 heteroatoms. The molecule has 1 aliphatic rings. The van der Waals surface area contributed by atoms with Gasteiger partial charge in [-0.05, 0) is 54.0 Å². The Balaban J connectivity index is 1.64. The van der Waals surface area contributed by atoms with Crippen molar-refractivity contribution in [2.45, 2.75) is 50.6 Å². The Bertz CT molecular complexity index is 1030. The number of carbonyl (C=O) groups excluding carboxylic acids is 2. The van der Waals surface area contributed by atoms with E-state index in [0.717, 1.165) is 36.1 Å². The van der Waals surface area contributed by atoms with Gasteiger partial charge in [0.15, 0.2) is 0 Å². The lowest BCUT2D eigenvalue weighted by atomic mass is 10.0. The van der Waals surface area contributed by atoms with Crippen LogP contribution in [0.2, 0.25) is 0 Å². The van der Waals surface area contributed by atoms with Gasteiger partial charge < -0.3 is 10.2 Å². The second-order valence-corrected chi connectivity index (χ2v) is 9.56. The summed E-state index contributed by atoms with van der Waals surface area (Å²) in [7, 11) is 0. The van der Waals surface area contributed by atoms with Crippen LogP contribution in [-0.4, -0.2) is 29.3 Å². The summed E-state index contributed by atoms with van der Waals surface area (Å²) in [6, 6.07) is 19.1. The third-order valence-corrected chi connectivity index (χ3v) is 7.03. The predicted octanol–water partition coefficient (Wildman–Crippen LogP) is 5.30. The minimum atomic E-state index is -0.803. The number of halogens is 1. The molecule has 1 heterocycles. The van der Waals surface area contributed by atoms with Crippen LogP contribution < -0.4 is 5.32 Å². The van der Waals surface area contributed by atoms with Crippen molar-refractivity contribution in [1.82, 2.24) is 10.2 Å². The fraction of sp³-hybridized carbons (Fsp3) is 0.333. The first-order chi connectivity index (χ1) is 16.1. The van der Waals surface area contributed by atoms with Crippen LogP contribution in [0.25, 0.3) is 0 Å². The lowest BCUT2D eigenvalue weighted by Gasteiger charge is -2.32. The standard InChI is InChI=1S/C27H29FN2O2S/c28-22-14-12-21(13-15-22)26(27(32)29-23-9-4-5-10-23)30(17-16-20-7-2-1-3-8-20)25(31)19-24-11-6-18-33-24/h1-3,6-8,11-15,18,23,26H,4-5,9-10,16-17,19H2,(H,29,32). The Morgan fingerprint density at radius 2 is 1.73 bits per heavy atom. The fourth-order valence-electron chi connectivity index (χ4n) is 4.42. The number of nitrogens with zero attached hydrogens (tertiary/aromatic N) is 1. The molecule has 0 saturated heterocycles. The number of hydrogen-bond acceptors (Lipinski definition) is 3. The Morgan fingerprint density at radius 1 is 1.00 bits per heavy atom. The van der Waals surface area contributed by atoms with Crippen LogP contribution in [0.3, 0.4) is 0 Å². The van der Waals surface area contributed by atoms with E-state index in [1.807, 2.05) is 47.8 Å². The molecule has 1 fully saturated rings. The summed E-state index contributed by atoms with van der Waals surface area (Å²) in [5.41, 5.74) is 1.72. The molecule has 2 aromatic carbocycles. The first-order valence-corrected chi connectivity index (χ1v) is 12.4. The van der Waals surface area contributed by atoms with Crippen LogP contribution in [0.4, 0.5) is 4.39 Å². The van der Waals surface area contributed by atoms with Crippen LogP contribution in [-0.2, 0) is 22.4 Å². The Labute approximate surface area is 198 Å². The van der Waals surface area contributed by atoms with Crippen molar-refractivity contribution in [1.29, 1.82) is 0 Å². The number of hydrogen-bond donors (Lipinski definition) is 1. The number of nitrogens with one attached hydrogen (secondary N) is 1. The maximum atomic E-state index is 13.7. The molecule has 1 aromatic heterocycles. The average Bonchev–Trinajstić information content (AvgIpc) is 3.52. The number of benzene rings is 2. The molecule has 172 valence electrons. The summed E-state index contributed by atoms with van der Waals surface area (Å²) in [6.45, 7) is 0.397. The van der Waals surface area contributed by atoms with E-state index in [-0.39, 0.29) is 30.1 Å². The van der Waals surface area contributed by atoms with E-state index in [4.69, 9.17) is 0 Å². The highest BCUT2D eigenvalue weighted by atomic mass is 32.1. The van der Waals surface area contributed by atoms with Gasteiger partial charge in [0.1, 0.15) is 11.9 Å². The van der Waals surface area contributed by atoms with Crippen LogP contribution in [0.15, 0.2) is 72.1 Å². The van der Waals surface area contributed by atoms with E-state index in [9.17, 15) is 14.0 Å². The SMILES string of the molecule is O=C(NC1CCCC1)C(c1ccc(F)cc1)N(CCc1ccccc1)C(=O)Cc1cccs1. The predicted molar refractivity (Wildman–Crippen MR) is 129 cm³/mol. The first kappa shape index (κ1) is 23.2. The van der Waals surface area contributed by atoms with Crippen LogP contribution in [0, 0.1) is 5.82 Å². The van der Waals surface area contributed by atoms with Crippen molar-refractivity contribution in [3.63, 3.8) is 0 Å². The molecule has 0 aliphatic heterocycles. The van der Waals surface area contributed by atoms with Crippen molar-refractivity contribution in [2.24, 2.45) is 0 Å². The van der Waals surface area contributed by atoms with Crippen LogP contribution in [0.1, 0.15) is 47.7 Å². The zero-order chi connectivity index (χ0) is 23.0. The molecule has 1 unspecified atom stereocenters. The van der Waals surface area contributed by atoms with E-state index >= 15 is 0 Å². The molecular formula is C27H29FN2O2S. The number of amides is 2. The van der Waals surface area contributed by atoms with Gasteiger partial charge in [-0.15, -0.1) is 11.3 Å². The van der Waals surface area contributed by atoms with Gasteiger partial charge in [-0.2, -0.15) is 0 Å². The van der Waals surface area contributed by atoms with E-state index in [0.29, 0.717) is 18.5 Å². The van der Waals surface area contributed by atoms with E-state index in [1.54, 1.807) is 17.0 Å². The van der Waals surface area contributed by atoms with Gasteiger partial charge in [0.25, 0.3) is 0 Å². The summed E-state index contributed by atoms with van der Waals surface area (Å²) >= 11 is 1.53. The van der Waals surface area contributed by atoms with Crippen molar-refractivity contribution in [3.05, 3.63) is 93.9 Å². The quantitative estimate of drug-likeness (QED) is 0.467. The third kappa shape index (κ3) is 6.29. The molecule has 0 bridgehead atoms. The molecule has 1 saturated carbocycles. The lowest BCUT2D eigenvalue weighted by Crippen LogP contribution is -2.47. The minimum absolute atomic E-state index is 0.107. The average molecular weight is 465 g/mol. The topological polar surface area (TPSA) is 49.4 Å². The Kier molecular flexibility index (Phi) is 7.89. The highest BCUT2D eigenvalue weighted by Crippen LogP contribution is 2.26. The minimum Gasteiger partial charge on any atom is -0.351 e. The smallest absolute Gasteiger partial charge is 0.247 e. The zero-order valence-corrected chi connectivity index (χ0v) is 19.4. The van der Waals surface area contributed by atoms with Gasteiger partial charge in [0.05, 0.1) is 6.42 Å². The Morgan fingerprint density at radius 3 is 2.39 bits per heavy atom. The van der Waals surface area contributed by atoms with Gasteiger partial charge in [-0.3, -0.25) is 9.59 Å². The van der Waals surface area contributed by atoms with Gasteiger partial charge >= 0.3 is 0 Å². The van der Waals surface area contributed by atoms with Crippen molar-refractivity contribution >= 4 is 23.2 Å². The zero-order valence-electron chi connectivity index (χ0n) is 18.6. The first-order valence-electron chi connectivity index (χ1n) is 11.5. The van der Waals surface area contributed by atoms with Crippen LogP contribution in [0.5, 0.6) is 0 Å². The van der Waals surface area contributed by atoms with Crippen molar-refractivity contribution < 1.29 is 14.0 Å². The van der Waals surface area contributed by atoms with Gasteiger partial charge in [-0.25, -0.2) is 4.39 Å². The fourth-order valence-corrected chi connectivity index (χ4v) is 5.12. The third-order valence-electron chi connectivity index (χ3n) is 6.16. The molecule has 4 nitrogen and oxygen atoms in total. The van der Waals surface area contributed by atoms with Gasteiger partial charge in [0, 0.05) is 17.5 Å². The molecule has 33 heavy (non-hydrogen) atoms. The maximum Gasteiger partial charge on any atom is 0.247 e. The highest BCUT2D eigenvalue weighted by Gasteiger charge is 2.33. The molecule has 3 aromatic rings. The largest absolute Gasteiger partial charge is 0.351 e. The monoisotopic (exact) mass is 464 g/mol. The van der Waals surface area contributed by atoms with Gasteiger partial charge in [-0.1, -0.05) is 61.4 Å². The summed E-state index contributed by atoms with van der Waals surface area (Å²) in [6.07, 6.45) is 4.97. The molecule has 0 spiro atoms. The van der Waals surface area contributed by atoms with Crippen molar-refractivity contribution in [3.8, 4) is 0 Å². The normalized spacial score (nSPS) is 14.7. The summed E-state index contributed by atoms with van der Waals surface area (Å²) in [4.78, 5) is 29.7. The summed E-state index contributed by atoms with van der Waals surface area (Å²) in [5, 5.41) is 5.11. The van der Waals surface area contributed by atoms with E-state index in [2.05, 4.69) is 5.32 Å². The summed E-state index contributed by atoms with van der Waals surface area (Å²) in [5.74, 6) is -0.667. The van der Waals surface area contributed by atoms with Gasteiger partial charge in [0.2, 0.25) is 11.8 Å². The molecule has 1 aliphatic carbocycles. The molecule has 1 N–H and O–H groups in total. The molecule has 0 radical (unpaired) electrons. The second-order valence-electron chi connectivity index (χ2n) is 8.52. The molecule has 4 rings (SSSR count). The van der Waals surface area contributed by atoms with E-state index in [1.165, 1.54) is 23.5 Å². The number of thiophene rings is 1. The summed E-state index contributed by atoms with van der Waals surface area (Å²) < 4.78 is 13.7. The second kappa shape index (κ2) is 11.2. The van der Waals surface area contributed by atoms with E-state index < -0.39 is 6.04 Å². The number of carbonyl (C=O) groups is 2. The highest BCUT2D eigenvalue weighted by molar-refractivity contribution is 7.10. The number of rotatable bonds is 9. The molecule has 1 atom stereocenters. The Hall–Kier alpha value is -2.99. The van der Waals surface area contributed by atoms with Crippen molar-refractivity contribution in [2.75, 3.05) is 6.54 Å². The van der Waals surface area contributed by atoms with Crippen LogP contribution >= 0.6 is 11.3 Å². The lowest BCUT2D eigenvalue weighted by molar-refractivity contribution is -0.140. The molecular weight excluding hydrogens is 435 g/mol. The maximum absolute atomic E-state index is 13.7. The molecule has 2 amide bonds.